The van der Waals surface area contributed by atoms with Gasteiger partial charge in [0.2, 0.25) is 5.91 Å². The highest BCUT2D eigenvalue weighted by Crippen LogP contribution is 2.29. The Bertz CT molecular complexity index is 434. The second-order valence-corrected chi connectivity index (χ2v) is 6.71. The number of hydrogen-bond acceptors (Lipinski definition) is 2. The Morgan fingerprint density at radius 2 is 2.00 bits per heavy atom. The van der Waals surface area contributed by atoms with Crippen LogP contribution in [0.3, 0.4) is 0 Å². The van der Waals surface area contributed by atoms with Crippen LogP contribution in [0.25, 0.3) is 0 Å². The zero-order chi connectivity index (χ0) is 14.5. The van der Waals surface area contributed by atoms with Gasteiger partial charge in [-0.1, -0.05) is 57.0 Å². The number of thiol groups is 1. The van der Waals surface area contributed by atoms with Gasteiger partial charge in [0.1, 0.15) is 0 Å². The van der Waals surface area contributed by atoms with Crippen molar-refractivity contribution in [2.24, 2.45) is 11.8 Å². The number of nitrogens with one attached hydrogen (secondary N) is 1. The number of carbonyl (C=O) groups excluding carboxylic acids is 1. The Morgan fingerprint density at radius 1 is 1.30 bits per heavy atom. The van der Waals surface area contributed by atoms with Crippen molar-refractivity contribution < 1.29 is 4.79 Å². The van der Waals surface area contributed by atoms with Gasteiger partial charge in [-0.3, -0.25) is 4.79 Å². The van der Waals surface area contributed by atoms with Gasteiger partial charge >= 0.3 is 0 Å². The molecule has 0 saturated heterocycles. The van der Waals surface area contributed by atoms with E-state index in [1.807, 2.05) is 30.3 Å². The van der Waals surface area contributed by atoms with Crippen LogP contribution in [0.2, 0.25) is 0 Å². The fourth-order valence-electron chi connectivity index (χ4n) is 2.99. The van der Waals surface area contributed by atoms with Gasteiger partial charge in [-0.25, -0.2) is 0 Å². The molecule has 0 heterocycles. The smallest absolute Gasteiger partial charge is 0.233 e. The second kappa shape index (κ2) is 7.16. The average Bonchev–Trinajstić information content (AvgIpc) is 2.45. The van der Waals surface area contributed by atoms with Crippen molar-refractivity contribution in [1.82, 2.24) is 5.32 Å². The first-order valence-electron chi connectivity index (χ1n) is 7.60. The first-order chi connectivity index (χ1) is 9.58. The van der Waals surface area contributed by atoms with Crippen LogP contribution in [0, 0.1) is 11.8 Å². The van der Waals surface area contributed by atoms with Gasteiger partial charge < -0.3 is 5.32 Å². The predicted molar refractivity (Wildman–Crippen MR) is 87.0 cm³/mol. The fourth-order valence-corrected chi connectivity index (χ4v) is 3.28. The van der Waals surface area contributed by atoms with E-state index in [0.29, 0.717) is 24.3 Å². The van der Waals surface area contributed by atoms with Gasteiger partial charge in [-0.05, 0) is 30.2 Å². The minimum absolute atomic E-state index is 0.0723. The lowest BCUT2D eigenvalue weighted by Gasteiger charge is -2.35. The van der Waals surface area contributed by atoms with Gasteiger partial charge in [0.15, 0.2) is 0 Å². The molecule has 0 spiro atoms. The first-order valence-corrected chi connectivity index (χ1v) is 8.12. The van der Waals surface area contributed by atoms with E-state index in [0.717, 1.165) is 12.0 Å². The van der Waals surface area contributed by atoms with Crippen LogP contribution in [0.4, 0.5) is 0 Å². The molecule has 1 saturated carbocycles. The van der Waals surface area contributed by atoms with E-state index >= 15 is 0 Å². The van der Waals surface area contributed by atoms with Crippen LogP contribution in [0.15, 0.2) is 30.3 Å². The van der Waals surface area contributed by atoms with Crippen LogP contribution in [0.5, 0.6) is 0 Å². The van der Waals surface area contributed by atoms with Crippen molar-refractivity contribution >= 4 is 18.5 Å². The van der Waals surface area contributed by atoms with E-state index in [2.05, 4.69) is 31.8 Å². The Balaban J connectivity index is 1.87. The molecule has 1 aliphatic rings. The van der Waals surface area contributed by atoms with E-state index < -0.39 is 0 Å². The largest absolute Gasteiger partial charge is 0.352 e. The molecule has 0 radical (unpaired) electrons. The predicted octanol–water partition coefficient (Wildman–Crippen LogP) is 3.47. The van der Waals surface area contributed by atoms with Crippen LogP contribution >= 0.6 is 12.6 Å². The molecule has 20 heavy (non-hydrogen) atoms. The normalized spacial score (nSPS) is 27.9. The summed E-state index contributed by atoms with van der Waals surface area (Å²) in [6.45, 7) is 4.53. The second-order valence-electron chi connectivity index (χ2n) is 6.09. The zero-order valence-corrected chi connectivity index (χ0v) is 13.3. The Kier molecular flexibility index (Phi) is 5.53. The van der Waals surface area contributed by atoms with Crippen molar-refractivity contribution in [1.29, 1.82) is 0 Å². The third-order valence-electron chi connectivity index (χ3n) is 4.61. The molecule has 1 amide bonds. The van der Waals surface area contributed by atoms with E-state index in [9.17, 15) is 4.79 Å². The summed E-state index contributed by atoms with van der Waals surface area (Å²) in [5.41, 5.74) is 1.16. The molecule has 0 aromatic heterocycles. The molecule has 4 unspecified atom stereocenters. The van der Waals surface area contributed by atoms with Gasteiger partial charge in [-0.2, -0.15) is 12.6 Å². The Morgan fingerprint density at radius 3 is 2.70 bits per heavy atom. The maximum Gasteiger partial charge on any atom is 0.233 e. The Hall–Kier alpha value is -0.960. The fraction of sp³-hybridized carbons (Fsp3) is 0.588. The monoisotopic (exact) mass is 291 g/mol. The maximum atomic E-state index is 12.3. The van der Waals surface area contributed by atoms with E-state index in [-0.39, 0.29) is 11.2 Å². The topological polar surface area (TPSA) is 29.1 Å². The van der Waals surface area contributed by atoms with Crippen molar-refractivity contribution in [3.8, 4) is 0 Å². The van der Waals surface area contributed by atoms with Gasteiger partial charge in [0, 0.05) is 6.04 Å². The molecule has 4 atom stereocenters. The van der Waals surface area contributed by atoms with Gasteiger partial charge in [-0.15, -0.1) is 0 Å². The molecular formula is C17H25NOS. The minimum atomic E-state index is -0.262. The summed E-state index contributed by atoms with van der Waals surface area (Å²) in [5, 5.41) is 2.94. The molecular weight excluding hydrogens is 266 g/mol. The summed E-state index contributed by atoms with van der Waals surface area (Å²) < 4.78 is 0. The minimum Gasteiger partial charge on any atom is -0.352 e. The van der Waals surface area contributed by atoms with Gasteiger partial charge in [0.25, 0.3) is 0 Å². The summed E-state index contributed by atoms with van der Waals surface area (Å²) in [7, 11) is 0. The van der Waals surface area contributed by atoms with Crippen LogP contribution in [-0.2, 0) is 11.2 Å². The SMILES string of the molecule is CC1CCCC(NC(=O)C(S)Cc2ccccc2)C1C. The lowest BCUT2D eigenvalue weighted by molar-refractivity contribution is -0.122. The van der Waals surface area contributed by atoms with Gasteiger partial charge in [0.05, 0.1) is 5.25 Å². The maximum absolute atomic E-state index is 12.3. The molecule has 2 rings (SSSR count). The highest BCUT2D eigenvalue weighted by molar-refractivity contribution is 7.81. The third kappa shape index (κ3) is 4.02. The summed E-state index contributed by atoms with van der Waals surface area (Å²) >= 11 is 4.48. The number of rotatable bonds is 4. The van der Waals surface area contributed by atoms with E-state index in [1.54, 1.807) is 0 Å². The summed E-state index contributed by atoms with van der Waals surface area (Å²) in [4.78, 5) is 12.3. The molecule has 110 valence electrons. The number of benzene rings is 1. The first kappa shape index (κ1) is 15.4. The van der Waals surface area contributed by atoms with Crippen molar-refractivity contribution in [2.75, 3.05) is 0 Å². The highest BCUT2D eigenvalue weighted by Gasteiger charge is 2.29. The molecule has 0 aliphatic heterocycles. The van der Waals surface area contributed by atoms with E-state index in [4.69, 9.17) is 0 Å². The number of carbonyl (C=O) groups is 1. The molecule has 1 N–H and O–H groups in total. The molecule has 0 bridgehead atoms. The molecule has 1 fully saturated rings. The number of hydrogen-bond donors (Lipinski definition) is 2. The summed E-state index contributed by atoms with van der Waals surface area (Å²) in [6.07, 6.45) is 4.28. The molecule has 1 aliphatic carbocycles. The van der Waals surface area contributed by atoms with Crippen LogP contribution < -0.4 is 5.32 Å². The molecule has 3 heteroatoms. The lowest BCUT2D eigenvalue weighted by Crippen LogP contribution is -2.46. The zero-order valence-electron chi connectivity index (χ0n) is 12.4. The van der Waals surface area contributed by atoms with Crippen molar-refractivity contribution in [3.05, 3.63) is 35.9 Å². The van der Waals surface area contributed by atoms with Crippen LogP contribution in [0.1, 0.15) is 38.7 Å². The Labute approximate surface area is 127 Å². The van der Waals surface area contributed by atoms with E-state index in [1.165, 1.54) is 12.8 Å². The van der Waals surface area contributed by atoms with Crippen LogP contribution in [-0.4, -0.2) is 17.2 Å². The van der Waals surface area contributed by atoms with Crippen molar-refractivity contribution in [3.63, 3.8) is 0 Å². The molecule has 1 aromatic rings. The molecule has 1 aromatic carbocycles. The highest BCUT2D eigenvalue weighted by atomic mass is 32.1. The van der Waals surface area contributed by atoms with Crippen molar-refractivity contribution in [2.45, 2.75) is 50.8 Å². The lowest BCUT2D eigenvalue weighted by atomic mass is 9.78. The quantitative estimate of drug-likeness (QED) is 0.817. The standard InChI is InChI=1S/C17H25NOS/c1-12-7-6-10-15(13(12)2)18-17(19)16(20)11-14-8-4-3-5-9-14/h3-5,8-9,12-13,15-16,20H,6-7,10-11H2,1-2H3,(H,18,19). The summed E-state index contributed by atoms with van der Waals surface area (Å²) in [5.74, 6) is 1.33. The third-order valence-corrected chi connectivity index (χ3v) is 5.03. The summed E-state index contributed by atoms with van der Waals surface area (Å²) in [6, 6.07) is 10.4. The number of amides is 1. The average molecular weight is 291 g/mol. The molecule has 2 nitrogen and oxygen atoms in total.